The summed E-state index contributed by atoms with van der Waals surface area (Å²) in [7, 11) is 0. The van der Waals surface area contributed by atoms with Gasteiger partial charge in [0.1, 0.15) is 11.6 Å². The van der Waals surface area contributed by atoms with Gasteiger partial charge in [0, 0.05) is 30.3 Å². The number of aryl methyl sites for hydroxylation is 2. The van der Waals surface area contributed by atoms with E-state index < -0.39 is 0 Å². The summed E-state index contributed by atoms with van der Waals surface area (Å²) < 4.78 is 1.98. The fourth-order valence-electron chi connectivity index (χ4n) is 3.08. The number of H-pyrrole nitrogens is 1. The molecule has 0 spiro atoms. The Hall–Kier alpha value is -3.42. The topological polar surface area (TPSA) is 98.1 Å². The van der Waals surface area contributed by atoms with Crippen molar-refractivity contribution in [1.29, 1.82) is 0 Å². The molecule has 1 aromatic carbocycles. The van der Waals surface area contributed by atoms with Gasteiger partial charge in [-0.15, -0.1) is 5.10 Å². The van der Waals surface area contributed by atoms with Crippen molar-refractivity contribution >= 4 is 0 Å². The molecule has 0 aliphatic heterocycles. The molecule has 0 aliphatic carbocycles. The van der Waals surface area contributed by atoms with Gasteiger partial charge in [0.25, 0.3) is 0 Å². The van der Waals surface area contributed by atoms with Crippen molar-refractivity contribution < 1.29 is 0 Å². The van der Waals surface area contributed by atoms with Gasteiger partial charge in [-0.3, -0.25) is 4.98 Å². The molecule has 4 aromatic rings. The van der Waals surface area contributed by atoms with Crippen molar-refractivity contribution in [1.82, 2.24) is 40.4 Å². The van der Waals surface area contributed by atoms with E-state index in [0.29, 0.717) is 12.2 Å². The number of rotatable bonds is 6. The molecule has 0 saturated heterocycles. The molecule has 0 amide bonds. The second-order valence-electron chi connectivity index (χ2n) is 6.32. The summed E-state index contributed by atoms with van der Waals surface area (Å²) in [4.78, 5) is 9.21. The highest BCUT2D eigenvalue weighted by molar-refractivity contribution is 5.78. The average Bonchev–Trinajstić information content (AvgIpc) is 3.33. The zero-order valence-electron chi connectivity index (χ0n) is 15.3. The lowest BCUT2D eigenvalue weighted by Crippen LogP contribution is -2.06. The molecule has 136 valence electrons. The maximum absolute atomic E-state index is 4.66. The lowest BCUT2D eigenvalue weighted by Gasteiger charge is -2.08. The normalized spacial score (nSPS) is 11.0. The number of nitrogens with one attached hydrogen (secondary N) is 1. The van der Waals surface area contributed by atoms with Gasteiger partial charge in [0.2, 0.25) is 0 Å². The first-order valence-electron chi connectivity index (χ1n) is 8.93. The number of benzene rings is 1. The first kappa shape index (κ1) is 17.0. The highest BCUT2D eigenvalue weighted by atomic mass is 15.5. The molecule has 0 bridgehead atoms. The largest absolute Gasteiger partial charge is 0.256 e. The Morgan fingerprint density at radius 3 is 2.63 bits per heavy atom. The zero-order chi connectivity index (χ0) is 18.6. The molecule has 3 aromatic heterocycles. The Bertz CT molecular complexity index is 1020. The summed E-state index contributed by atoms with van der Waals surface area (Å²) >= 11 is 0. The number of hydrogen-bond donors (Lipinski definition) is 1. The summed E-state index contributed by atoms with van der Waals surface area (Å²) in [6, 6.07) is 12.0. The van der Waals surface area contributed by atoms with Crippen LogP contribution in [0.1, 0.15) is 30.6 Å². The molecule has 8 heteroatoms. The molecule has 0 unspecified atom stereocenters. The van der Waals surface area contributed by atoms with Crippen molar-refractivity contribution in [3.63, 3.8) is 0 Å². The Kier molecular flexibility index (Phi) is 4.69. The Morgan fingerprint density at radius 1 is 1.07 bits per heavy atom. The Balaban J connectivity index is 1.61. The molecular formula is C19H20N8. The maximum Gasteiger partial charge on any atom is 0.180 e. The predicted octanol–water partition coefficient (Wildman–Crippen LogP) is 2.83. The number of aromatic nitrogens is 8. The van der Waals surface area contributed by atoms with Gasteiger partial charge in [-0.05, 0) is 35.4 Å². The third-order valence-electron chi connectivity index (χ3n) is 4.28. The standard InChI is InChI=1S/C19H20N8/c1-3-10-27-18(21-13(2)24-27)11-14-8-9-17(20-12-14)15-6-4-5-7-16(15)19-22-25-26-23-19/h4-9,12H,3,10-11H2,1-2H3,(H,22,23,25,26). The predicted molar refractivity (Wildman–Crippen MR) is 101 cm³/mol. The molecule has 0 radical (unpaired) electrons. The number of nitrogens with zero attached hydrogens (tertiary/aromatic N) is 7. The van der Waals surface area contributed by atoms with Crippen LogP contribution in [0.4, 0.5) is 0 Å². The van der Waals surface area contributed by atoms with Gasteiger partial charge in [-0.25, -0.2) is 14.8 Å². The van der Waals surface area contributed by atoms with E-state index in [1.807, 2.05) is 48.1 Å². The third kappa shape index (κ3) is 3.59. The second-order valence-corrected chi connectivity index (χ2v) is 6.32. The smallest absolute Gasteiger partial charge is 0.180 e. The van der Waals surface area contributed by atoms with Crippen LogP contribution in [0.15, 0.2) is 42.6 Å². The van der Waals surface area contributed by atoms with Crippen molar-refractivity contribution in [3.8, 4) is 22.6 Å². The fraction of sp³-hybridized carbons (Fsp3) is 0.263. The number of pyridine rings is 1. The van der Waals surface area contributed by atoms with Crippen LogP contribution in [0.2, 0.25) is 0 Å². The summed E-state index contributed by atoms with van der Waals surface area (Å²) in [5.41, 5.74) is 3.87. The summed E-state index contributed by atoms with van der Waals surface area (Å²) in [6.45, 7) is 4.94. The van der Waals surface area contributed by atoms with E-state index >= 15 is 0 Å². The SMILES string of the molecule is CCCn1nc(C)nc1Cc1ccc(-c2ccccc2-c2nnn[nH]2)nc1. The third-order valence-corrected chi connectivity index (χ3v) is 4.28. The molecule has 4 rings (SSSR count). The van der Waals surface area contributed by atoms with Crippen LogP contribution in [-0.4, -0.2) is 40.4 Å². The van der Waals surface area contributed by atoms with Crippen LogP contribution in [0.25, 0.3) is 22.6 Å². The van der Waals surface area contributed by atoms with Gasteiger partial charge in [-0.2, -0.15) is 5.10 Å². The summed E-state index contributed by atoms with van der Waals surface area (Å²) in [6.07, 6.45) is 3.63. The monoisotopic (exact) mass is 360 g/mol. The average molecular weight is 360 g/mol. The minimum atomic E-state index is 0.625. The number of tetrazole rings is 1. The van der Waals surface area contributed by atoms with E-state index in [4.69, 9.17) is 0 Å². The van der Waals surface area contributed by atoms with Gasteiger partial charge in [-0.1, -0.05) is 37.3 Å². The highest BCUT2D eigenvalue weighted by Crippen LogP contribution is 2.28. The molecule has 0 saturated carbocycles. The first-order valence-corrected chi connectivity index (χ1v) is 8.93. The van der Waals surface area contributed by atoms with Crippen LogP contribution < -0.4 is 0 Å². The number of hydrogen-bond acceptors (Lipinski definition) is 6. The van der Waals surface area contributed by atoms with Crippen LogP contribution in [0.3, 0.4) is 0 Å². The van der Waals surface area contributed by atoms with Crippen molar-refractivity contribution in [2.45, 2.75) is 33.2 Å². The molecular weight excluding hydrogens is 340 g/mol. The van der Waals surface area contributed by atoms with Crippen molar-refractivity contribution in [3.05, 3.63) is 59.8 Å². The molecule has 1 N–H and O–H groups in total. The summed E-state index contributed by atoms with van der Waals surface area (Å²) in [5, 5.41) is 18.6. The van der Waals surface area contributed by atoms with Crippen LogP contribution in [-0.2, 0) is 13.0 Å². The molecule has 27 heavy (non-hydrogen) atoms. The van der Waals surface area contributed by atoms with E-state index in [-0.39, 0.29) is 0 Å². The van der Waals surface area contributed by atoms with Crippen molar-refractivity contribution in [2.24, 2.45) is 0 Å². The van der Waals surface area contributed by atoms with E-state index in [2.05, 4.69) is 48.7 Å². The molecule has 0 atom stereocenters. The highest BCUT2D eigenvalue weighted by Gasteiger charge is 2.12. The van der Waals surface area contributed by atoms with E-state index in [1.54, 1.807) is 0 Å². The van der Waals surface area contributed by atoms with Crippen LogP contribution in [0, 0.1) is 6.92 Å². The molecule has 0 aliphatic rings. The van der Waals surface area contributed by atoms with E-state index in [9.17, 15) is 0 Å². The van der Waals surface area contributed by atoms with Crippen molar-refractivity contribution in [2.75, 3.05) is 0 Å². The van der Waals surface area contributed by atoms with E-state index in [0.717, 1.165) is 47.0 Å². The number of aromatic amines is 1. The Labute approximate surface area is 156 Å². The van der Waals surface area contributed by atoms with Crippen LogP contribution >= 0.6 is 0 Å². The zero-order valence-corrected chi connectivity index (χ0v) is 15.3. The van der Waals surface area contributed by atoms with Crippen LogP contribution in [0.5, 0.6) is 0 Å². The Morgan fingerprint density at radius 2 is 1.93 bits per heavy atom. The van der Waals surface area contributed by atoms with E-state index in [1.165, 1.54) is 0 Å². The molecule has 8 nitrogen and oxygen atoms in total. The van der Waals surface area contributed by atoms with Gasteiger partial charge in [0.15, 0.2) is 5.82 Å². The van der Waals surface area contributed by atoms with Gasteiger partial charge < -0.3 is 0 Å². The molecule has 3 heterocycles. The quantitative estimate of drug-likeness (QED) is 0.568. The lowest BCUT2D eigenvalue weighted by molar-refractivity contribution is 0.573. The minimum absolute atomic E-state index is 0.625. The molecule has 0 fully saturated rings. The lowest BCUT2D eigenvalue weighted by atomic mass is 10.0. The first-order chi connectivity index (χ1) is 13.2. The van der Waals surface area contributed by atoms with Gasteiger partial charge >= 0.3 is 0 Å². The van der Waals surface area contributed by atoms with Gasteiger partial charge in [0.05, 0.1) is 5.69 Å². The maximum atomic E-state index is 4.66. The summed E-state index contributed by atoms with van der Waals surface area (Å²) in [5.74, 6) is 2.40. The fourth-order valence-corrected chi connectivity index (χ4v) is 3.08. The second kappa shape index (κ2) is 7.45. The minimum Gasteiger partial charge on any atom is -0.256 e.